The molecule has 3 nitrogen and oxygen atoms in total. The van der Waals surface area contributed by atoms with Crippen LogP contribution >= 0.6 is 0 Å². The van der Waals surface area contributed by atoms with Gasteiger partial charge in [0.05, 0.1) is 0 Å². The molecule has 1 unspecified atom stereocenters. The first-order valence-electron chi connectivity index (χ1n) is 4.82. The lowest BCUT2D eigenvalue weighted by molar-refractivity contribution is -0.137. The van der Waals surface area contributed by atoms with Gasteiger partial charge in [0.2, 0.25) is 0 Å². The zero-order chi connectivity index (χ0) is 10.8. The third-order valence-corrected chi connectivity index (χ3v) is 2.48. The first kappa shape index (κ1) is 9.96. The van der Waals surface area contributed by atoms with E-state index in [0.717, 1.165) is 0 Å². The number of ether oxygens (including phenoxy) is 1. The maximum Gasteiger partial charge on any atom is 0.303 e. The molecule has 1 aromatic carbocycles. The highest BCUT2D eigenvalue weighted by atomic mass is 19.1. The molecule has 4 heteroatoms. The minimum Gasteiger partial charge on any atom is -0.490 e. The predicted octanol–water partition coefficient (Wildman–Crippen LogP) is 1.99. The number of carboxylic acid groups (broad SMARTS) is 1. The molecule has 80 valence electrons. The molecule has 1 aromatic rings. The lowest BCUT2D eigenvalue weighted by Gasteiger charge is -2.07. The van der Waals surface area contributed by atoms with Gasteiger partial charge in [0.25, 0.3) is 0 Å². The lowest BCUT2D eigenvalue weighted by atomic mass is 10.1. The summed E-state index contributed by atoms with van der Waals surface area (Å²) in [6.07, 6.45) is 0.743. The van der Waals surface area contributed by atoms with E-state index in [2.05, 4.69) is 0 Å². The van der Waals surface area contributed by atoms with Gasteiger partial charge in [0, 0.05) is 18.4 Å². The van der Waals surface area contributed by atoms with Crippen LogP contribution in [0.3, 0.4) is 0 Å². The van der Waals surface area contributed by atoms with Crippen molar-refractivity contribution in [2.24, 2.45) is 0 Å². The summed E-state index contributed by atoms with van der Waals surface area (Å²) >= 11 is 0. The van der Waals surface area contributed by atoms with E-state index in [-0.39, 0.29) is 18.3 Å². The maximum atomic E-state index is 13.3. The van der Waals surface area contributed by atoms with E-state index in [4.69, 9.17) is 9.84 Å². The summed E-state index contributed by atoms with van der Waals surface area (Å²) in [6.45, 7) is 0. The van der Waals surface area contributed by atoms with Crippen molar-refractivity contribution in [3.63, 3.8) is 0 Å². The Balaban J connectivity index is 2.03. The second-order valence-electron chi connectivity index (χ2n) is 3.59. The third-order valence-electron chi connectivity index (χ3n) is 2.48. The van der Waals surface area contributed by atoms with Gasteiger partial charge in [-0.15, -0.1) is 0 Å². The number of rotatable bonds is 3. The molecule has 15 heavy (non-hydrogen) atoms. The molecule has 0 saturated heterocycles. The average molecular weight is 210 g/mol. The zero-order valence-corrected chi connectivity index (χ0v) is 8.07. The van der Waals surface area contributed by atoms with Crippen LogP contribution in [-0.2, 0) is 11.2 Å². The first-order valence-corrected chi connectivity index (χ1v) is 4.82. The smallest absolute Gasteiger partial charge is 0.303 e. The Hall–Kier alpha value is -1.58. The summed E-state index contributed by atoms with van der Waals surface area (Å²) in [5.74, 6) is -0.578. The first-order chi connectivity index (χ1) is 7.16. The van der Waals surface area contributed by atoms with Gasteiger partial charge in [-0.3, -0.25) is 4.79 Å². The molecule has 0 aliphatic carbocycles. The van der Waals surface area contributed by atoms with Gasteiger partial charge in [0.1, 0.15) is 17.7 Å². The molecule has 1 aliphatic heterocycles. The van der Waals surface area contributed by atoms with Gasteiger partial charge in [-0.25, -0.2) is 4.39 Å². The molecular weight excluding hydrogens is 199 g/mol. The standard InChI is InChI=1S/C11H11FO3/c12-9-2-1-3-10-8(9)6-7(15-10)4-5-11(13)14/h1-3,7H,4-6H2,(H,13,14). The van der Waals surface area contributed by atoms with E-state index in [9.17, 15) is 9.18 Å². The monoisotopic (exact) mass is 210 g/mol. The molecule has 1 N–H and O–H groups in total. The normalized spacial score (nSPS) is 18.3. The fourth-order valence-electron chi connectivity index (χ4n) is 1.74. The molecule has 1 atom stereocenters. The lowest BCUT2D eigenvalue weighted by Crippen LogP contribution is -2.14. The van der Waals surface area contributed by atoms with E-state index < -0.39 is 5.97 Å². The number of hydrogen-bond acceptors (Lipinski definition) is 2. The van der Waals surface area contributed by atoms with E-state index >= 15 is 0 Å². The van der Waals surface area contributed by atoms with Crippen LogP contribution in [0.25, 0.3) is 0 Å². The van der Waals surface area contributed by atoms with Gasteiger partial charge < -0.3 is 9.84 Å². The van der Waals surface area contributed by atoms with Crippen molar-refractivity contribution in [2.45, 2.75) is 25.4 Å². The maximum absolute atomic E-state index is 13.3. The highest BCUT2D eigenvalue weighted by Crippen LogP contribution is 2.32. The summed E-state index contributed by atoms with van der Waals surface area (Å²) in [7, 11) is 0. The van der Waals surface area contributed by atoms with Gasteiger partial charge >= 0.3 is 5.97 Å². The minimum absolute atomic E-state index is 0.0558. The number of aliphatic carboxylic acids is 1. The highest BCUT2D eigenvalue weighted by Gasteiger charge is 2.25. The number of halogens is 1. The van der Waals surface area contributed by atoms with Crippen molar-refractivity contribution in [1.82, 2.24) is 0 Å². The van der Waals surface area contributed by atoms with Crippen LogP contribution in [0.5, 0.6) is 5.75 Å². The van der Waals surface area contributed by atoms with Crippen LogP contribution in [0.2, 0.25) is 0 Å². The van der Waals surface area contributed by atoms with Crippen molar-refractivity contribution < 1.29 is 19.0 Å². The topological polar surface area (TPSA) is 46.5 Å². The number of benzene rings is 1. The third kappa shape index (κ3) is 2.09. The Labute approximate surface area is 86.5 Å². The van der Waals surface area contributed by atoms with Crippen molar-refractivity contribution in [3.05, 3.63) is 29.6 Å². The number of carboxylic acids is 1. The van der Waals surface area contributed by atoms with Crippen molar-refractivity contribution in [3.8, 4) is 5.75 Å². The number of fused-ring (bicyclic) bond motifs is 1. The largest absolute Gasteiger partial charge is 0.490 e. The van der Waals surface area contributed by atoms with Crippen LogP contribution in [0, 0.1) is 5.82 Å². The van der Waals surface area contributed by atoms with E-state index in [1.54, 1.807) is 12.1 Å². The van der Waals surface area contributed by atoms with Crippen LogP contribution < -0.4 is 4.74 Å². The SMILES string of the molecule is O=C(O)CCC1Cc2c(F)cccc2O1. The Morgan fingerprint density at radius 2 is 2.40 bits per heavy atom. The fourth-order valence-corrected chi connectivity index (χ4v) is 1.74. The van der Waals surface area contributed by atoms with Crippen LogP contribution in [-0.4, -0.2) is 17.2 Å². The van der Waals surface area contributed by atoms with E-state index in [1.165, 1.54) is 6.07 Å². The second-order valence-corrected chi connectivity index (χ2v) is 3.59. The Morgan fingerprint density at radius 3 is 3.07 bits per heavy atom. The summed E-state index contributed by atoms with van der Waals surface area (Å²) in [4.78, 5) is 10.4. The van der Waals surface area contributed by atoms with E-state index in [1.807, 2.05) is 0 Å². The van der Waals surface area contributed by atoms with Crippen molar-refractivity contribution >= 4 is 5.97 Å². The summed E-state index contributed by atoms with van der Waals surface area (Å²) in [5.41, 5.74) is 0.563. The number of hydrogen-bond donors (Lipinski definition) is 1. The van der Waals surface area contributed by atoms with Crippen LogP contribution in [0.15, 0.2) is 18.2 Å². The minimum atomic E-state index is -0.852. The molecule has 0 fully saturated rings. The Kier molecular flexibility index (Phi) is 2.58. The van der Waals surface area contributed by atoms with Gasteiger partial charge in [-0.1, -0.05) is 6.07 Å². The van der Waals surface area contributed by atoms with Gasteiger partial charge in [-0.05, 0) is 18.6 Å². The molecule has 0 aromatic heterocycles. The molecule has 0 amide bonds. The molecule has 0 radical (unpaired) electrons. The molecule has 2 rings (SSSR count). The molecule has 0 spiro atoms. The Morgan fingerprint density at radius 1 is 1.60 bits per heavy atom. The summed E-state index contributed by atoms with van der Waals surface area (Å²) in [5, 5.41) is 8.52. The molecule has 1 heterocycles. The summed E-state index contributed by atoms with van der Waals surface area (Å²) in [6, 6.07) is 4.69. The quantitative estimate of drug-likeness (QED) is 0.829. The zero-order valence-electron chi connectivity index (χ0n) is 8.07. The number of carbonyl (C=O) groups is 1. The van der Waals surface area contributed by atoms with Crippen molar-refractivity contribution in [1.29, 1.82) is 0 Å². The molecule has 0 bridgehead atoms. The van der Waals surface area contributed by atoms with E-state index in [0.29, 0.717) is 24.2 Å². The van der Waals surface area contributed by atoms with Crippen LogP contribution in [0.4, 0.5) is 4.39 Å². The molecule has 1 aliphatic rings. The summed E-state index contributed by atoms with van der Waals surface area (Å²) < 4.78 is 18.7. The fraction of sp³-hybridized carbons (Fsp3) is 0.364. The van der Waals surface area contributed by atoms with Gasteiger partial charge in [0.15, 0.2) is 0 Å². The average Bonchev–Trinajstić information content (AvgIpc) is 2.59. The highest BCUT2D eigenvalue weighted by molar-refractivity contribution is 5.66. The van der Waals surface area contributed by atoms with Gasteiger partial charge in [-0.2, -0.15) is 0 Å². The molecular formula is C11H11FO3. The molecule has 0 saturated carbocycles. The predicted molar refractivity (Wildman–Crippen MR) is 51.4 cm³/mol. The van der Waals surface area contributed by atoms with Crippen LogP contribution in [0.1, 0.15) is 18.4 Å². The second kappa shape index (κ2) is 3.88. The Bertz CT molecular complexity index is 389. The van der Waals surface area contributed by atoms with Crippen molar-refractivity contribution in [2.75, 3.05) is 0 Å².